The minimum absolute atomic E-state index is 0.876. The van der Waals surface area contributed by atoms with Crippen LogP contribution in [0.25, 0.3) is 10.7 Å². The smallest absolute Gasteiger partial charge is 0.150 e. The van der Waals surface area contributed by atoms with Gasteiger partial charge < -0.3 is 9.88 Å². The van der Waals surface area contributed by atoms with E-state index in [2.05, 4.69) is 27.4 Å². The van der Waals surface area contributed by atoms with Crippen molar-refractivity contribution in [3.05, 3.63) is 28.9 Å². The van der Waals surface area contributed by atoms with Gasteiger partial charge in [-0.05, 0) is 37.8 Å². The second kappa shape index (κ2) is 4.63. The number of rotatable bonds is 3. The van der Waals surface area contributed by atoms with Gasteiger partial charge in [0.15, 0.2) is 5.82 Å². The van der Waals surface area contributed by atoms with Crippen LogP contribution < -0.4 is 5.32 Å². The van der Waals surface area contributed by atoms with E-state index in [-0.39, 0.29) is 0 Å². The van der Waals surface area contributed by atoms with E-state index in [9.17, 15) is 0 Å². The quantitative estimate of drug-likeness (QED) is 0.903. The van der Waals surface area contributed by atoms with E-state index in [1.165, 1.54) is 41.4 Å². The number of imidazole rings is 1. The first-order chi connectivity index (χ1) is 8.40. The molecule has 2 aromatic rings. The van der Waals surface area contributed by atoms with E-state index in [0.717, 1.165) is 13.1 Å². The van der Waals surface area contributed by atoms with Crippen LogP contribution in [-0.4, -0.2) is 16.6 Å². The van der Waals surface area contributed by atoms with Gasteiger partial charge in [-0.2, -0.15) is 0 Å². The van der Waals surface area contributed by atoms with E-state index in [4.69, 9.17) is 4.98 Å². The second-order valence-corrected chi connectivity index (χ2v) is 5.39. The molecule has 3 rings (SSSR count). The SMILES string of the molecule is CNCc1nc(-c2cccs2)n2c1CCCC2. The van der Waals surface area contributed by atoms with Gasteiger partial charge in [0.25, 0.3) is 0 Å². The van der Waals surface area contributed by atoms with E-state index in [1.807, 2.05) is 7.05 Å². The molecule has 1 aliphatic rings. The van der Waals surface area contributed by atoms with Crippen molar-refractivity contribution < 1.29 is 0 Å². The zero-order valence-corrected chi connectivity index (χ0v) is 10.9. The van der Waals surface area contributed by atoms with Gasteiger partial charge in [-0.3, -0.25) is 0 Å². The molecule has 0 bridgehead atoms. The number of fused-ring (bicyclic) bond motifs is 1. The normalized spacial score (nSPS) is 14.9. The molecule has 1 aliphatic heterocycles. The average molecular weight is 247 g/mol. The van der Waals surface area contributed by atoms with Crippen LogP contribution in [0.3, 0.4) is 0 Å². The Balaban J connectivity index is 2.09. The first-order valence-electron chi connectivity index (χ1n) is 6.17. The fourth-order valence-electron chi connectivity index (χ4n) is 2.52. The van der Waals surface area contributed by atoms with Gasteiger partial charge in [-0.25, -0.2) is 4.98 Å². The molecule has 0 radical (unpaired) electrons. The number of aromatic nitrogens is 2. The summed E-state index contributed by atoms with van der Waals surface area (Å²) in [5.74, 6) is 1.17. The van der Waals surface area contributed by atoms with Crippen LogP contribution in [0.4, 0.5) is 0 Å². The van der Waals surface area contributed by atoms with Gasteiger partial charge >= 0.3 is 0 Å². The summed E-state index contributed by atoms with van der Waals surface area (Å²) < 4.78 is 2.42. The third kappa shape index (κ3) is 1.91. The highest BCUT2D eigenvalue weighted by molar-refractivity contribution is 7.13. The lowest BCUT2D eigenvalue weighted by atomic mass is 10.1. The summed E-state index contributed by atoms with van der Waals surface area (Å²) in [7, 11) is 1.99. The maximum Gasteiger partial charge on any atom is 0.150 e. The molecule has 4 heteroatoms. The standard InChI is InChI=1S/C13H17N3S/c1-14-9-10-11-5-2-3-7-16(11)13(15-10)12-6-4-8-17-12/h4,6,8,14H,2-3,5,7,9H2,1H3. The molecular formula is C13H17N3S. The summed E-state index contributed by atoms with van der Waals surface area (Å²) in [5.41, 5.74) is 2.67. The maximum atomic E-state index is 4.83. The second-order valence-electron chi connectivity index (χ2n) is 4.45. The molecule has 0 aliphatic carbocycles. The molecule has 1 N–H and O–H groups in total. The molecule has 2 aromatic heterocycles. The van der Waals surface area contributed by atoms with Crippen molar-refractivity contribution in [2.45, 2.75) is 32.4 Å². The monoisotopic (exact) mass is 247 g/mol. The number of nitrogens with one attached hydrogen (secondary N) is 1. The Morgan fingerprint density at radius 3 is 3.18 bits per heavy atom. The van der Waals surface area contributed by atoms with Crippen LogP contribution in [0.15, 0.2) is 17.5 Å². The Labute approximate surface area is 106 Å². The third-order valence-electron chi connectivity index (χ3n) is 3.29. The van der Waals surface area contributed by atoms with Crippen LogP contribution in [0, 0.1) is 0 Å². The molecule has 3 nitrogen and oxygen atoms in total. The van der Waals surface area contributed by atoms with Gasteiger partial charge in [0.05, 0.1) is 10.6 Å². The van der Waals surface area contributed by atoms with Crippen molar-refractivity contribution >= 4 is 11.3 Å². The fraction of sp³-hybridized carbons (Fsp3) is 0.462. The van der Waals surface area contributed by atoms with Crippen LogP contribution in [0.2, 0.25) is 0 Å². The summed E-state index contributed by atoms with van der Waals surface area (Å²) in [6, 6.07) is 4.26. The summed E-state index contributed by atoms with van der Waals surface area (Å²) in [6.45, 7) is 2.00. The molecule has 0 saturated heterocycles. The Kier molecular flexibility index (Phi) is 2.99. The minimum atomic E-state index is 0.876. The van der Waals surface area contributed by atoms with Gasteiger partial charge in [0.2, 0.25) is 0 Å². The van der Waals surface area contributed by atoms with Gasteiger partial charge in [-0.1, -0.05) is 6.07 Å². The largest absolute Gasteiger partial charge is 0.327 e. The van der Waals surface area contributed by atoms with Crippen molar-refractivity contribution in [1.29, 1.82) is 0 Å². The molecule has 0 amide bonds. The predicted molar refractivity (Wildman–Crippen MR) is 71.2 cm³/mol. The molecular weight excluding hydrogens is 230 g/mol. The molecule has 0 fully saturated rings. The predicted octanol–water partition coefficient (Wildman–Crippen LogP) is 2.67. The van der Waals surface area contributed by atoms with Crippen LogP contribution in [-0.2, 0) is 19.5 Å². The first-order valence-corrected chi connectivity index (χ1v) is 7.05. The van der Waals surface area contributed by atoms with Gasteiger partial charge in [0, 0.05) is 18.8 Å². The third-order valence-corrected chi connectivity index (χ3v) is 4.15. The van der Waals surface area contributed by atoms with Crippen LogP contribution in [0.5, 0.6) is 0 Å². The first kappa shape index (κ1) is 11.0. The molecule has 90 valence electrons. The van der Waals surface area contributed by atoms with Crippen molar-refractivity contribution in [3.8, 4) is 10.7 Å². The highest BCUT2D eigenvalue weighted by Gasteiger charge is 2.20. The Bertz CT molecular complexity index is 499. The molecule has 3 heterocycles. The van der Waals surface area contributed by atoms with E-state index in [1.54, 1.807) is 11.3 Å². The molecule has 17 heavy (non-hydrogen) atoms. The van der Waals surface area contributed by atoms with E-state index in [0.29, 0.717) is 0 Å². The Morgan fingerprint density at radius 1 is 1.47 bits per heavy atom. The lowest BCUT2D eigenvalue weighted by Gasteiger charge is -2.17. The van der Waals surface area contributed by atoms with Crippen molar-refractivity contribution in [1.82, 2.24) is 14.9 Å². The minimum Gasteiger partial charge on any atom is -0.327 e. The Hall–Kier alpha value is -1.13. The van der Waals surface area contributed by atoms with Crippen LogP contribution >= 0.6 is 11.3 Å². The summed E-state index contributed by atoms with van der Waals surface area (Å²) >= 11 is 1.78. The van der Waals surface area contributed by atoms with Gasteiger partial charge in [0.1, 0.15) is 0 Å². The molecule has 0 saturated carbocycles. The zero-order chi connectivity index (χ0) is 11.7. The lowest BCUT2D eigenvalue weighted by molar-refractivity contribution is 0.532. The molecule has 0 aromatic carbocycles. The average Bonchev–Trinajstić information content (AvgIpc) is 2.97. The summed E-state index contributed by atoms with van der Waals surface area (Å²) in [6.07, 6.45) is 3.75. The molecule has 0 atom stereocenters. The van der Waals surface area contributed by atoms with Crippen molar-refractivity contribution in [2.24, 2.45) is 0 Å². The van der Waals surface area contributed by atoms with Gasteiger partial charge in [-0.15, -0.1) is 11.3 Å². The maximum absolute atomic E-state index is 4.83. The van der Waals surface area contributed by atoms with Crippen molar-refractivity contribution in [2.75, 3.05) is 7.05 Å². The molecule has 0 spiro atoms. The number of hydrogen-bond acceptors (Lipinski definition) is 3. The van der Waals surface area contributed by atoms with E-state index >= 15 is 0 Å². The highest BCUT2D eigenvalue weighted by Crippen LogP contribution is 2.30. The lowest BCUT2D eigenvalue weighted by Crippen LogP contribution is -2.14. The fourth-order valence-corrected chi connectivity index (χ4v) is 3.24. The number of thiophene rings is 1. The molecule has 0 unspecified atom stereocenters. The topological polar surface area (TPSA) is 29.9 Å². The summed E-state index contributed by atoms with van der Waals surface area (Å²) in [5, 5.41) is 5.34. The zero-order valence-electron chi connectivity index (χ0n) is 10.1. The number of nitrogens with zero attached hydrogens (tertiary/aromatic N) is 2. The van der Waals surface area contributed by atoms with Crippen molar-refractivity contribution in [3.63, 3.8) is 0 Å². The van der Waals surface area contributed by atoms with E-state index < -0.39 is 0 Å². The Morgan fingerprint density at radius 2 is 2.41 bits per heavy atom. The van der Waals surface area contributed by atoms with Crippen LogP contribution in [0.1, 0.15) is 24.2 Å². The number of hydrogen-bond donors (Lipinski definition) is 1. The summed E-state index contributed by atoms with van der Waals surface area (Å²) in [4.78, 5) is 6.12. The highest BCUT2D eigenvalue weighted by atomic mass is 32.1.